The van der Waals surface area contributed by atoms with E-state index < -0.39 is 9.84 Å². The second-order valence-corrected chi connectivity index (χ2v) is 10.5. The Morgan fingerprint density at radius 3 is 2.62 bits per heavy atom. The number of carbonyl (C=O) groups excluding carboxylic acids is 1. The third-order valence-electron chi connectivity index (χ3n) is 5.18. The average molecular weight is 472 g/mol. The Labute approximate surface area is 191 Å². The van der Waals surface area contributed by atoms with Gasteiger partial charge in [-0.25, -0.2) is 13.4 Å². The third-order valence-corrected chi connectivity index (χ3v) is 8.01. The Morgan fingerprint density at radius 1 is 1.19 bits per heavy atom. The number of amides is 1. The van der Waals surface area contributed by atoms with Crippen molar-refractivity contribution >= 4 is 27.5 Å². The molecule has 0 saturated carbocycles. The summed E-state index contributed by atoms with van der Waals surface area (Å²) in [5.74, 6) is 0.314. The van der Waals surface area contributed by atoms with Crippen LogP contribution < -0.4 is 5.32 Å². The number of imidazole rings is 1. The van der Waals surface area contributed by atoms with Gasteiger partial charge in [0.05, 0.1) is 16.8 Å². The highest BCUT2D eigenvalue weighted by atomic mass is 32.2. The lowest BCUT2D eigenvalue weighted by Crippen LogP contribution is -2.32. The second kappa shape index (κ2) is 9.89. The topological polar surface area (TPSA) is 101 Å². The zero-order valence-corrected chi connectivity index (χ0v) is 19.3. The van der Waals surface area contributed by atoms with Crippen molar-refractivity contribution in [3.63, 3.8) is 0 Å². The van der Waals surface area contributed by atoms with E-state index in [1.165, 1.54) is 0 Å². The minimum Gasteiger partial charge on any atom is -0.376 e. The zero-order chi connectivity index (χ0) is 22.6. The van der Waals surface area contributed by atoms with Crippen LogP contribution >= 0.6 is 11.8 Å². The van der Waals surface area contributed by atoms with Gasteiger partial charge in [0.2, 0.25) is 15.7 Å². The number of rotatable bonds is 8. The summed E-state index contributed by atoms with van der Waals surface area (Å²) in [5, 5.41) is 3.13. The number of aromatic nitrogens is 2. The van der Waals surface area contributed by atoms with Crippen LogP contribution in [0.3, 0.4) is 0 Å². The Morgan fingerprint density at radius 2 is 1.94 bits per heavy atom. The number of benzene rings is 2. The second-order valence-electron chi connectivity index (χ2n) is 7.63. The molecule has 3 aromatic rings. The van der Waals surface area contributed by atoms with Gasteiger partial charge in [-0.05, 0) is 31.9 Å². The standard InChI is InChI=1S/C23H25N3O4S2/c1-16-9-11-19(12-10-16)32(28,29)23-22(25-21(26-23)17-6-3-2-4-7-17)31-15-20(27)24-14-18-8-5-13-30-18/h2-4,6-7,9-12,18H,5,8,13-15H2,1H3,(H,24,27)(H,25,26)/t18-/m1/s1. The van der Waals surface area contributed by atoms with Crippen LogP contribution in [0.5, 0.6) is 0 Å². The molecule has 1 saturated heterocycles. The van der Waals surface area contributed by atoms with Crippen LogP contribution in [0.2, 0.25) is 0 Å². The number of thioether (sulfide) groups is 1. The van der Waals surface area contributed by atoms with Gasteiger partial charge in [-0.1, -0.05) is 59.8 Å². The molecule has 1 aromatic heterocycles. The maximum atomic E-state index is 13.4. The van der Waals surface area contributed by atoms with Gasteiger partial charge in [-0.15, -0.1) is 0 Å². The number of hydrogen-bond acceptors (Lipinski definition) is 6. The summed E-state index contributed by atoms with van der Waals surface area (Å²) in [6.45, 7) is 3.09. The monoisotopic (exact) mass is 471 g/mol. The van der Waals surface area contributed by atoms with E-state index in [0.717, 1.165) is 42.3 Å². The molecule has 0 bridgehead atoms. The van der Waals surface area contributed by atoms with Crippen molar-refractivity contribution in [2.75, 3.05) is 18.9 Å². The molecule has 1 aliphatic heterocycles. The Bertz CT molecular complexity index is 1170. The Kier molecular flexibility index (Phi) is 6.98. The summed E-state index contributed by atoms with van der Waals surface area (Å²) >= 11 is 1.10. The van der Waals surface area contributed by atoms with Crippen molar-refractivity contribution in [1.29, 1.82) is 0 Å². The van der Waals surface area contributed by atoms with Crippen molar-refractivity contribution in [2.24, 2.45) is 0 Å². The molecule has 9 heteroatoms. The normalized spacial score (nSPS) is 16.2. The number of hydrogen-bond donors (Lipinski definition) is 2. The first kappa shape index (κ1) is 22.6. The molecule has 0 aliphatic carbocycles. The summed E-state index contributed by atoms with van der Waals surface area (Å²) in [7, 11) is -3.84. The minimum absolute atomic E-state index is 0.00266. The van der Waals surface area contributed by atoms with Crippen molar-refractivity contribution in [2.45, 2.75) is 40.8 Å². The molecule has 1 atom stereocenters. The molecule has 4 rings (SSSR count). The zero-order valence-electron chi connectivity index (χ0n) is 17.7. The number of sulfone groups is 1. The van der Waals surface area contributed by atoms with Crippen LogP contribution in [0, 0.1) is 6.92 Å². The number of nitrogens with zero attached hydrogens (tertiary/aromatic N) is 1. The molecular weight excluding hydrogens is 446 g/mol. The predicted octanol–water partition coefficient (Wildman–Crippen LogP) is 3.61. The summed E-state index contributed by atoms with van der Waals surface area (Å²) < 4.78 is 32.2. The van der Waals surface area contributed by atoms with Gasteiger partial charge in [-0.2, -0.15) is 0 Å². The first-order valence-electron chi connectivity index (χ1n) is 10.4. The average Bonchev–Trinajstić information content (AvgIpc) is 3.47. The maximum absolute atomic E-state index is 13.4. The lowest BCUT2D eigenvalue weighted by Gasteiger charge is -2.10. The molecule has 1 amide bonds. The Balaban J connectivity index is 1.57. The molecule has 0 spiro atoms. The smallest absolute Gasteiger partial charge is 0.230 e. The number of ether oxygens (including phenoxy) is 1. The van der Waals surface area contributed by atoms with Gasteiger partial charge in [0.15, 0.2) is 5.03 Å². The van der Waals surface area contributed by atoms with Crippen LogP contribution in [-0.4, -0.2) is 49.3 Å². The quantitative estimate of drug-likeness (QED) is 0.487. The van der Waals surface area contributed by atoms with Gasteiger partial charge >= 0.3 is 0 Å². The molecule has 2 N–H and O–H groups in total. The largest absolute Gasteiger partial charge is 0.376 e. The molecule has 1 aliphatic rings. The van der Waals surface area contributed by atoms with Gasteiger partial charge in [0.1, 0.15) is 10.9 Å². The molecule has 2 heterocycles. The molecule has 0 radical (unpaired) electrons. The molecular formula is C23H25N3O4S2. The molecule has 7 nitrogen and oxygen atoms in total. The van der Waals surface area contributed by atoms with Crippen molar-refractivity contribution in [1.82, 2.24) is 15.3 Å². The summed E-state index contributed by atoms with van der Waals surface area (Å²) in [6.07, 6.45) is 1.99. The Hall–Kier alpha value is -2.62. The molecule has 168 valence electrons. The van der Waals surface area contributed by atoms with Gasteiger partial charge in [0.25, 0.3) is 0 Å². The molecule has 32 heavy (non-hydrogen) atoms. The van der Waals surface area contributed by atoms with Crippen molar-refractivity contribution in [3.8, 4) is 11.4 Å². The number of aryl methyl sites for hydroxylation is 1. The van der Waals surface area contributed by atoms with Crippen molar-refractivity contribution in [3.05, 3.63) is 60.2 Å². The van der Waals surface area contributed by atoms with E-state index in [2.05, 4.69) is 15.3 Å². The summed E-state index contributed by atoms with van der Waals surface area (Å²) in [5.41, 5.74) is 1.73. The number of H-pyrrole nitrogens is 1. The number of carbonyl (C=O) groups is 1. The number of aromatic amines is 1. The molecule has 0 unspecified atom stereocenters. The van der Waals surface area contributed by atoms with Gasteiger partial charge < -0.3 is 15.0 Å². The molecule has 1 fully saturated rings. The highest BCUT2D eigenvalue weighted by Gasteiger charge is 2.27. The SMILES string of the molecule is Cc1ccc(S(=O)(=O)c2[nH]c(-c3ccccc3)nc2SCC(=O)NC[C@H]2CCCO2)cc1. The van der Waals surface area contributed by atoms with E-state index >= 15 is 0 Å². The fourth-order valence-electron chi connectivity index (χ4n) is 3.41. The minimum atomic E-state index is -3.84. The predicted molar refractivity (Wildman–Crippen MR) is 123 cm³/mol. The van der Waals surface area contributed by atoms with E-state index in [1.807, 2.05) is 37.3 Å². The highest BCUT2D eigenvalue weighted by molar-refractivity contribution is 8.00. The van der Waals surface area contributed by atoms with Crippen LogP contribution in [0.4, 0.5) is 0 Å². The van der Waals surface area contributed by atoms with Gasteiger partial charge in [0, 0.05) is 18.7 Å². The first-order chi connectivity index (χ1) is 15.4. The van der Waals surface area contributed by atoms with Crippen LogP contribution in [-0.2, 0) is 19.4 Å². The van der Waals surface area contributed by atoms with E-state index in [0.29, 0.717) is 12.4 Å². The van der Waals surface area contributed by atoms with E-state index in [9.17, 15) is 13.2 Å². The lowest BCUT2D eigenvalue weighted by molar-refractivity contribution is -0.119. The summed E-state index contributed by atoms with van der Waals surface area (Å²) in [6, 6.07) is 16.0. The fourth-order valence-corrected chi connectivity index (χ4v) is 5.86. The van der Waals surface area contributed by atoms with E-state index in [-0.39, 0.29) is 32.7 Å². The van der Waals surface area contributed by atoms with Crippen LogP contribution in [0.1, 0.15) is 18.4 Å². The number of nitrogens with one attached hydrogen (secondary N) is 2. The molecule has 2 aromatic carbocycles. The third kappa shape index (κ3) is 5.23. The van der Waals surface area contributed by atoms with E-state index in [1.54, 1.807) is 24.3 Å². The van der Waals surface area contributed by atoms with Crippen molar-refractivity contribution < 1.29 is 17.9 Å². The van der Waals surface area contributed by atoms with Crippen LogP contribution in [0.15, 0.2) is 69.5 Å². The van der Waals surface area contributed by atoms with Gasteiger partial charge in [-0.3, -0.25) is 4.79 Å². The first-order valence-corrected chi connectivity index (χ1v) is 12.9. The fraction of sp³-hybridized carbons (Fsp3) is 0.304. The maximum Gasteiger partial charge on any atom is 0.230 e. The lowest BCUT2D eigenvalue weighted by atomic mass is 10.2. The highest BCUT2D eigenvalue weighted by Crippen LogP contribution is 2.32. The summed E-state index contributed by atoms with van der Waals surface area (Å²) in [4.78, 5) is 20.0. The van der Waals surface area contributed by atoms with E-state index in [4.69, 9.17) is 4.74 Å². The van der Waals surface area contributed by atoms with Crippen LogP contribution in [0.25, 0.3) is 11.4 Å².